The zero-order valence-electron chi connectivity index (χ0n) is 11.4. The predicted octanol–water partition coefficient (Wildman–Crippen LogP) is 3.40. The van der Waals surface area contributed by atoms with Gasteiger partial charge in [0.25, 0.3) is 5.91 Å². The second-order valence-corrected chi connectivity index (χ2v) is 5.63. The first-order chi connectivity index (χ1) is 10.1. The summed E-state index contributed by atoms with van der Waals surface area (Å²) in [7, 11) is 0. The van der Waals surface area contributed by atoms with E-state index in [4.69, 9.17) is 4.74 Å². The first kappa shape index (κ1) is 15.5. The van der Waals surface area contributed by atoms with Crippen LogP contribution in [0.5, 0.6) is 0 Å². The number of benzene rings is 2. The Hall–Kier alpha value is -1.89. The summed E-state index contributed by atoms with van der Waals surface area (Å²) in [6.45, 7) is 1.66. The molecule has 0 spiro atoms. The number of hydrogen-bond donors (Lipinski definition) is 1. The van der Waals surface area contributed by atoms with Crippen LogP contribution in [0.2, 0.25) is 0 Å². The largest absolute Gasteiger partial charge is 0.452 e. The average molecular weight is 395 g/mol. The number of hydrogen-bond acceptors (Lipinski definition) is 3. The van der Waals surface area contributed by atoms with Crippen molar-refractivity contribution < 1.29 is 14.3 Å². The smallest absolute Gasteiger partial charge is 0.339 e. The highest BCUT2D eigenvalue weighted by Crippen LogP contribution is 2.13. The van der Waals surface area contributed by atoms with Crippen LogP contribution in [0, 0.1) is 10.5 Å². The lowest BCUT2D eigenvalue weighted by Crippen LogP contribution is -2.21. The minimum Gasteiger partial charge on any atom is -0.452 e. The Balaban J connectivity index is 1.88. The van der Waals surface area contributed by atoms with Gasteiger partial charge in [-0.2, -0.15) is 0 Å². The molecule has 2 rings (SSSR count). The highest BCUT2D eigenvalue weighted by Gasteiger charge is 2.12. The maximum absolute atomic E-state index is 11.9. The highest BCUT2D eigenvalue weighted by molar-refractivity contribution is 14.1. The van der Waals surface area contributed by atoms with Gasteiger partial charge in [0.1, 0.15) is 0 Å². The maximum atomic E-state index is 11.9. The molecule has 2 aromatic rings. The van der Waals surface area contributed by atoms with Crippen LogP contribution in [0.3, 0.4) is 0 Å². The van der Waals surface area contributed by atoms with Crippen molar-refractivity contribution in [3.8, 4) is 0 Å². The van der Waals surface area contributed by atoms with Crippen molar-refractivity contribution in [1.29, 1.82) is 0 Å². The predicted molar refractivity (Wildman–Crippen MR) is 89.3 cm³/mol. The van der Waals surface area contributed by atoms with E-state index in [0.717, 1.165) is 9.13 Å². The minimum atomic E-state index is -0.501. The van der Waals surface area contributed by atoms with E-state index in [2.05, 4.69) is 27.9 Å². The fourth-order valence-electron chi connectivity index (χ4n) is 1.67. The van der Waals surface area contributed by atoms with Crippen LogP contribution < -0.4 is 5.32 Å². The summed E-state index contributed by atoms with van der Waals surface area (Å²) in [6, 6.07) is 14.5. The fourth-order valence-corrected chi connectivity index (χ4v) is 2.28. The lowest BCUT2D eigenvalue weighted by atomic mass is 10.2. The quantitative estimate of drug-likeness (QED) is 0.638. The monoisotopic (exact) mass is 395 g/mol. The second-order valence-electron chi connectivity index (χ2n) is 4.47. The van der Waals surface area contributed by atoms with Gasteiger partial charge in [0.2, 0.25) is 0 Å². The van der Waals surface area contributed by atoms with Crippen molar-refractivity contribution in [2.45, 2.75) is 6.92 Å². The van der Waals surface area contributed by atoms with Crippen LogP contribution in [0.25, 0.3) is 0 Å². The van der Waals surface area contributed by atoms with Gasteiger partial charge in [0.15, 0.2) is 6.61 Å². The standard InChI is InChI=1S/C16H14INO3/c1-11-6-8-12(9-7-11)18-15(19)10-21-16(20)13-4-2-3-5-14(13)17/h2-9H,10H2,1H3,(H,18,19). The van der Waals surface area contributed by atoms with Crippen molar-refractivity contribution in [1.82, 2.24) is 0 Å². The number of amides is 1. The van der Waals surface area contributed by atoms with Crippen molar-refractivity contribution in [2.24, 2.45) is 0 Å². The van der Waals surface area contributed by atoms with Crippen LogP contribution in [-0.2, 0) is 9.53 Å². The van der Waals surface area contributed by atoms with E-state index < -0.39 is 5.97 Å². The van der Waals surface area contributed by atoms with Gasteiger partial charge in [0.05, 0.1) is 5.56 Å². The van der Waals surface area contributed by atoms with Gasteiger partial charge in [-0.1, -0.05) is 29.8 Å². The van der Waals surface area contributed by atoms with Crippen LogP contribution >= 0.6 is 22.6 Å². The lowest BCUT2D eigenvalue weighted by Gasteiger charge is -2.07. The van der Waals surface area contributed by atoms with E-state index in [9.17, 15) is 9.59 Å². The van der Waals surface area contributed by atoms with E-state index >= 15 is 0 Å². The zero-order valence-corrected chi connectivity index (χ0v) is 13.6. The number of esters is 1. The zero-order chi connectivity index (χ0) is 15.2. The van der Waals surface area contributed by atoms with Crippen molar-refractivity contribution in [3.63, 3.8) is 0 Å². The summed E-state index contributed by atoms with van der Waals surface area (Å²) in [4.78, 5) is 23.6. The van der Waals surface area contributed by atoms with E-state index in [0.29, 0.717) is 11.3 Å². The Morgan fingerprint density at radius 3 is 2.43 bits per heavy atom. The Morgan fingerprint density at radius 1 is 1.10 bits per heavy atom. The van der Waals surface area contributed by atoms with Crippen LogP contribution in [0.4, 0.5) is 5.69 Å². The molecule has 5 heteroatoms. The van der Waals surface area contributed by atoms with Gasteiger partial charge in [0, 0.05) is 9.26 Å². The molecule has 0 aromatic heterocycles. The third-order valence-electron chi connectivity index (χ3n) is 2.76. The Bertz CT molecular complexity index is 653. The Morgan fingerprint density at radius 2 is 1.76 bits per heavy atom. The molecule has 21 heavy (non-hydrogen) atoms. The van der Waals surface area contributed by atoms with Crippen LogP contribution in [0.1, 0.15) is 15.9 Å². The SMILES string of the molecule is Cc1ccc(NC(=O)COC(=O)c2ccccc2I)cc1. The summed E-state index contributed by atoms with van der Waals surface area (Å²) in [6.07, 6.45) is 0. The summed E-state index contributed by atoms with van der Waals surface area (Å²) >= 11 is 2.05. The third kappa shape index (κ3) is 4.56. The number of carbonyl (C=O) groups is 2. The molecule has 1 amide bonds. The van der Waals surface area contributed by atoms with Gasteiger partial charge in [-0.25, -0.2) is 4.79 Å². The Kier molecular flexibility index (Phi) is 5.32. The van der Waals surface area contributed by atoms with Gasteiger partial charge < -0.3 is 10.1 Å². The number of carbonyl (C=O) groups excluding carboxylic acids is 2. The molecule has 0 heterocycles. The maximum Gasteiger partial charge on any atom is 0.339 e. The molecule has 0 saturated heterocycles. The molecular weight excluding hydrogens is 381 g/mol. The topological polar surface area (TPSA) is 55.4 Å². The number of ether oxygens (including phenoxy) is 1. The van der Waals surface area contributed by atoms with E-state index in [-0.39, 0.29) is 12.5 Å². The van der Waals surface area contributed by atoms with Crippen molar-refractivity contribution in [3.05, 3.63) is 63.2 Å². The molecule has 0 bridgehead atoms. The second kappa shape index (κ2) is 7.21. The van der Waals surface area contributed by atoms with Crippen molar-refractivity contribution >= 4 is 40.2 Å². The first-order valence-electron chi connectivity index (χ1n) is 6.34. The summed E-state index contributed by atoms with van der Waals surface area (Å²) in [5, 5.41) is 2.67. The highest BCUT2D eigenvalue weighted by atomic mass is 127. The molecular formula is C16H14INO3. The fraction of sp³-hybridized carbons (Fsp3) is 0.125. The van der Waals surface area contributed by atoms with Gasteiger partial charge >= 0.3 is 5.97 Å². The molecule has 1 N–H and O–H groups in total. The summed E-state index contributed by atoms with van der Waals surface area (Å²) in [5.74, 6) is -0.864. The van der Waals surface area contributed by atoms with Gasteiger partial charge in [-0.05, 0) is 53.8 Å². The van der Waals surface area contributed by atoms with Crippen LogP contribution in [0.15, 0.2) is 48.5 Å². The normalized spacial score (nSPS) is 10.0. The molecule has 0 saturated carbocycles. The number of anilines is 1. The molecule has 0 aliphatic carbocycles. The lowest BCUT2D eigenvalue weighted by molar-refractivity contribution is -0.119. The van der Waals surface area contributed by atoms with Gasteiger partial charge in [-0.3, -0.25) is 4.79 Å². The Labute approximate surface area is 136 Å². The summed E-state index contributed by atoms with van der Waals surface area (Å²) < 4.78 is 5.80. The molecule has 0 atom stereocenters. The van der Waals surface area contributed by atoms with Gasteiger partial charge in [-0.15, -0.1) is 0 Å². The molecule has 4 nitrogen and oxygen atoms in total. The number of nitrogens with one attached hydrogen (secondary N) is 1. The van der Waals surface area contributed by atoms with E-state index in [1.165, 1.54) is 0 Å². The molecule has 0 unspecified atom stereocenters. The molecule has 0 aliphatic rings. The molecule has 0 fully saturated rings. The van der Waals surface area contributed by atoms with E-state index in [1.807, 2.05) is 31.2 Å². The van der Waals surface area contributed by atoms with Crippen molar-refractivity contribution in [2.75, 3.05) is 11.9 Å². The molecule has 0 aliphatic heterocycles. The summed E-state index contributed by atoms with van der Waals surface area (Å²) in [5.41, 5.74) is 2.25. The van der Waals surface area contributed by atoms with Crippen LogP contribution in [-0.4, -0.2) is 18.5 Å². The average Bonchev–Trinajstić information content (AvgIpc) is 2.48. The third-order valence-corrected chi connectivity index (χ3v) is 3.70. The number of rotatable bonds is 4. The number of aryl methyl sites for hydroxylation is 1. The van der Waals surface area contributed by atoms with E-state index in [1.54, 1.807) is 24.3 Å². The minimum absolute atomic E-state index is 0.308. The molecule has 0 radical (unpaired) electrons. The molecule has 2 aromatic carbocycles. The molecule has 108 valence electrons. The first-order valence-corrected chi connectivity index (χ1v) is 7.42. The number of halogens is 1.